The Hall–Kier alpha value is -3.42. The summed E-state index contributed by atoms with van der Waals surface area (Å²) >= 11 is 0. The third-order valence-corrected chi connectivity index (χ3v) is 8.35. The Morgan fingerprint density at radius 1 is 0.865 bits per heavy atom. The second kappa shape index (κ2) is 10.1. The van der Waals surface area contributed by atoms with Gasteiger partial charge in [-0.1, -0.05) is 30.3 Å². The zero-order valence-electron chi connectivity index (χ0n) is 21.8. The molecule has 6 rings (SSSR count). The monoisotopic (exact) mass is 496 g/mol. The number of nitrogen functional groups attached to an aromatic ring is 1. The number of para-hydroxylation sites is 1. The average molecular weight is 497 g/mol. The molecule has 0 amide bonds. The lowest BCUT2D eigenvalue weighted by molar-refractivity contribution is 0.0519. The molecule has 7 heteroatoms. The molecule has 0 bridgehead atoms. The molecule has 2 aromatic heterocycles. The maximum atomic E-state index is 6.41. The van der Waals surface area contributed by atoms with Crippen molar-refractivity contribution in [3.63, 3.8) is 0 Å². The fraction of sp³-hybridized carbons (Fsp3) is 0.400. The summed E-state index contributed by atoms with van der Waals surface area (Å²) in [4.78, 5) is 14.2. The van der Waals surface area contributed by atoms with Gasteiger partial charge in [-0.3, -0.25) is 4.90 Å². The highest BCUT2D eigenvalue weighted by molar-refractivity contribution is 6.00. The molecule has 0 radical (unpaired) electrons. The Morgan fingerprint density at radius 3 is 2.30 bits per heavy atom. The number of aromatic nitrogens is 3. The van der Waals surface area contributed by atoms with Gasteiger partial charge in [-0.05, 0) is 69.5 Å². The van der Waals surface area contributed by atoms with E-state index >= 15 is 0 Å². The van der Waals surface area contributed by atoms with Crippen molar-refractivity contribution in [2.24, 2.45) is 0 Å². The minimum atomic E-state index is 0.423. The van der Waals surface area contributed by atoms with E-state index in [9.17, 15) is 0 Å². The van der Waals surface area contributed by atoms with Crippen LogP contribution in [0.5, 0.6) is 11.5 Å². The van der Waals surface area contributed by atoms with Gasteiger partial charge in [0.15, 0.2) is 0 Å². The van der Waals surface area contributed by atoms with E-state index in [4.69, 9.17) is 15.5 Å². The van der Waals surface area contributed by atoms with Gasteiger partial charge in [0.2, 0.25) is 0 Å². The van der Waals surface area contributed by atoms with Crippen molar-refractivity contribution in [3.05, 3.63) is 67.1 Å². The number of fused-ring (bicyclic) bond motifs is 1. The largest absolute Gasteiger partial charge is 0.457 e. The van der Waals surface area contributed by atoms with E-state index in [1.807, 2.05) is 42.5 Å². The summed E-state index contributed by atoms with van der Waals surface area (Å²) in [5.74, 6) is 2.16. The number of ether oxygens (including phenoxy) is 1. The molecule has 0 unspecified atom stereocenters. The predicted octanol–water partition coefficient (Wildman–Crippen LogP) is 5.59. The molecule has 1 aliphatic heterocycles. The van der Waals surface area contributed by atoms with Gasteiger partial charge in [-0.25, -0.2) is 9.97 Å². The van der Waals surface area contributed by atoms with Crippen molar-refractivity contribution >= 4 is 16.9 Å². The molecular formula is C30H36N6O. The lowest BCUT2D eigenvalue weighted by Crippen LogP contribution is -2.54. The van der Waals surface area contributed by atoms with Crippen LogP contribution in [0.25, 0.3) is 22.2 Å². The van der Waals surface area contributed by atoms with E-state index < -0.39 is 0 Å². The molecule has 2 fully saturated rings. The molecule has 4 aromatic rings. The SMILES string of the molecule is C[C@@H]1CN([C@H]2CC[C@@H](n3cc(-c4ccc(Oc5ccccc5)cc4)c4c(N)ncnc43)CC2)CCN1C. The van der Waals surface area contributed by atoms with Crippen LogP contribution in [0.2, 0.25) is 0 Å². The number of nitrogens with zero attached hydrogens (tertiary/aromatic N) is 5. The molecule has 1 saturated carbocycles. The summed E-state index contributed by atoms with van der Waals surface area (Å²) in [6, 6.07) is 19.8. The molecule has 192 valence electrons. The van der Waals surface area contributed by atoms with Crippen LogP contribution in [0.3, 0.4) is 0 Å². The van der Waals surface area contributed by atoms with Crippen LogP contribution in [-0.4, -0.2) is 63.1 Å². The molecule has 2 aliphatic rings. The number of hydrogen-bond donors (Lipinski definition) is 1. The van der Waals surface area contributed by atoms with Gasteiger partial charge in [0, 0.05) is 49.5 Å². The van der Waals surface area contributed by atoms with E-state index in [0.29, 0.717) is 23.9 Å². The smallest absolute Gasteiger partial charge is 0.146 e. The first-order valence-electron chi connectivity index (χ1n) is 13.5. The van der Waals surface area contributed by atoms with Crippen LogP contribution < -0.4 is 10.5 Å². The third-order valence-electron chi connectivity index (χ3n) is 8.35. The summed E-state index contributed by atoms with van der Waals surface area (Å²) < 4.78 is 8.35. The first kappa shape index (κ1) is 23.9. The molecule has 1 atom stereocenters. The van der Waals surface area contributed by atoms with Crippen LogP contribution in [0.4, 0.5) is 5.82 Å². The minimum Gasteiger partial charge on any atom is -0.457 e. The second-order valence-corrected chi connectivity index (χ2v) is 10.6. The maximum absolute atomic E-state index is 6.41. The number of likely N-dealkylation sites (N-methyl/N-ethyl adjacent to an activating group) is 1. The molecule has 2 N–H and O–H groups in total. The third kappa shape index (κ3) is 4.81. The van der Waals surface area contributed by atoms with Crippen molar-refractivity contribution in [2.45, 2.75) is 50.7 Å². The van der Waals surface area contributed by atoms with Gasteiger partial charge in [0.05, 0.1) is 5.39 Å². The van der Waals surface area contributed by atoms with Gasteiger partial charge in [-0.2, -0.15) is 0 Å². The predicted molar refractivity (Wildman–Crippen MR) is 149 cm³/mol. The molecule has 2 aromatic carbocycles. The van der Waals surface area contributed by atoms with Crippen LogP contribution >= 0.6 is 0 Å². The Labute approximate surface area is 218 Å². The van der Waals surface area contributed by atoms with E-state index in [-0.39, 0.29) is 0 Å². The van der Waals surface area contributed by atoms with Crippen LogP contribution in [0.1, 0.15) is 38.6 Å². The number of hydrogen-bond acceptors (Lipinski definition) is 6. The van der Waals surface area contributed by atoms with Crippen molar-refractivity contribution in [3.8, 4) is 22.6 Å². The normalized spacial score (nSPS) is 23.4. The first-order chi connectivity index (χ1) is 18.1. The molecule has 3 heterocycles. The summed E-state index contributed by atoms with van der Waals surface area (Å²) in [7, 11) is 2.24. The van der Waals surface area contributed by atoms with Gasteiger partial charge in [0.25, 0.3) is 0 Å². The first-order valence-corrected chi connectivity index (χ1v) is 13.5. The average Bonchev–Trinajstić information content (AvgIpc) is 3.32. The Morgan fingerprint density at radius 2 is 1.57 bits per heavy atom. The molecule has 1 saturated heterocycles. The van der Waals surface area contributed by atoms with Gasteiger partial charge < -0.3 is 19.9 Å². The fourth-order valence-corrected chi connectivity index (χ4v) is 6.04. The number of piperazine rings is 1. The van der Waals surface area contributed by atoms with Crippen LogP contribution in [0, 0.1) is 0 Å². The number of nitrogens with two attached hydrogens (primary N) is 1. The highest BCUT2D eigenvalue weighted by Crippen LogP contribution is 2.39. The van der Waals surface area contributed by atoms with Gasteiger partial charge in [-0.15, -0.1) is 0 Å². The summed E-state index contributed by atoms with van der Waals surface area (Å²) in [5.41, 5.74) is 9.51. The van der Waals surface area contributed by atoms with Crippen molar-refractivity contribution in [1.82, 2.24) is 24.3 Å². The van der Waals surface area contributed by atoms with E-state index in [1.165, 1.54) is 25.9 Å². The molecule has 1 aliphatic carbocycles. The Balaban J connectivity index is 1.23. The van der Waals surface area contributed by atoms with Gasteiger partial charge >= 0.3 is 0 Å². The summed E-state index contributed by atoms with van der Waals surface area (Å²) in [6.07, 6.45) is 8.59. The maximum Gasteiger partial charge on any atom is 0.146 e. The minimum absolute atomic E-state index is 0.423. The summed E-state index contributed by atoms with van der Waals surface area (Å²) in [5, 5.41) is 0.939. The number of anilines is 1. The van der Waals surface area contributed by atoms with Gasteiger partial charge in [0.1, 0.15) is 29.3 Å². The fourth-order valence-electron chi connectivity index (χ4n) is 6.04. The highest BCUT2D eigenvalue weighted by atomic mass is 16.5. The quantitative estimate of drug-likeness (QED) is 0.388. The molecule has 7 nitrogen and oxygen atoms in total. The van der Waals surface area contributed by atoms with Crippen molar-refractivity contribution in [2.75, 3.05) is 32.4 Å². The van der Waals surface area contributed by atoms with Crippen LogP contribution in [-0.2, 0) is 0 Å². The number of rotatable bonds is 5. The lowest BCUT2D eigenvalue weighted by Gasteiger charge is -2.44. The van der Waals surface area contributed by atoms with Crippen molar-refractivity contribution in [1.29, 1.82) is 0 Å². The second-order valence-electron chi connectivity index (χ2n) is 10.6. The lowest BCUT2D eigenvalue weighted by atomic mass is 9.89. The molecular weight excluding hydrogens is 460 g/mol. The van der Waals surface area contributed by atoms with Crippen molar-refractivity contribution < 1.29 is 4.74 Å². The Bertz CT molecular complexity index is 1340. The zero-order valence-corrected chi connectivity index (χ0v) is 21.8. The van der Waals surface area contributed by atoms with Crippen LogP contribution in [0.15, 0.2) is 67.1 Å². The van der Waals surface area contributed by atoms with E-state index in [2.05, 4.69) is 51.7 Å². The topological polar surface area (TPSA) is 72.4 Å². The standard InChI is InChI=1S/C30H36N6O/c1-21-18-35(17-16-34(21)2)23-10-12-24(13-11-23)36-19-27(28-29(31)32-20-33-30(28)36)22-8-14-26(15-9-22)37-25-6-4-3-5-7-25/h3-9,14-15,19-21,23-24H,10-13,16-18H2,1-2H3,(H2,31,32,33)/t21-,23-,24+/m1/s1. The highest BCUT2D eigenvalue weighted by Gasteiger charge is 2.31. The summed E-state index contributed by atoms with van der Waals surface area (Å²) in [6.45, 7) is 5.87. The molecule has 0 spiro atoms. The van der Waals surface area contributed by atoms with E-state index in [0.717, 1.165) is 53.0 Å². The number of benzene rings is 2. The zero-order chi connectivity index (χ0) is 25.4. The Kier molecular flexibility index (Phi) is 6.57. The van der Waals surface area contributed by atoms with E-state index in [1.54, 1.807) is 6.33 Å². The molecule has 37 heavy (non-hydrogen) atoms.